The Morgan fingerprint density at radius 2 is 1.92 bits per heavy atom. The summed E-state index contributed by atoms with van der Waals surface area (Å²) in [5, 5.41) is 2.63. The molecule has 0 radical (unpaired) electrons. The average molecular weight is 340 g/mol. The van der Waals surface area contributed by atoms with Gasteiger partial charge in [0.1, 0.15) is 6.54 Å². The summed E-state index contributed by atoms with van der Waals surface area (Å²) in [5.74, 6) is -0.0914. The molecule has 1 aromatic carbocycles. The lowest BCUT2D eigenvalue weighted by molar-refractivity contribution is -0.134. The van der Waals surface area contributed by atoms with Gasteiger partial charge < -0.3 is 20.0 Å². The van der Waals surface area contributed by atoms with Gasteiger partial charge in [0.2, 0.25) is 5.91 Å². The molecule has 3 amide bonds. The van der Waals surface area contributed by atoms with Crippen molar-refractivity contribution in [1.29, 1.82) is 0 Å². The first-order chi connectivity index (χ1) is 11.4. The number of benzene rings is 1. The first-order valence-corrected chi connectivity index (χ1v) is 7.73. The van der Waals surface area contributed by atoms with Crippen LogP contribution in [0, 0.1) is 0 Å². The molecule has 0 aliphatic carbocycles. The second-order valence-corrected chi connectivity index (χ2v) is 5.96. The van der Waals surface area contributed by atoms with Crippen molar-refractivity contribution in [2.24, 2.45) is 0 Å². The van der Waals surface area contributed by atoms with Gasteiger partial charge in [-0.05, 0) is 26.2 Å². The van der Waals surface area contributed by atoms with Gasteiger partial charge in [-0.25, -0.2) is 13.6 Å². The van der Waals surface area contributed by atoms with Gasteiger partial charge in [-0.1, -0.05) is 12.1 Å². The Bertz CT molecular complexity index is 578. The van der Waals surface area contributed by atoms with Crippen molar-refractivity contribution in [2.45, 2.75) is 6.43 Å². The third-order valence-electron chi connectivity index (χ3n) is 3.84. The molecule has 1 aliphatic rings. The number of urea groups is 1. The van der Waals surface area contributed by atoms with Crippen LogP contribution in [0.2, 0.25) is 0 Å². The molecule has 1 aliphatic heterocycles. The number of amides is 3. The van der Waals surface area contributed by atoms with E-state index < -0.39 is 12.5 Å². The molecule has 1 fully saturated rings. The van der Waals surface area contributed by atoms with E-state index in [1.54, 1.807) is 4.90 Å². The molecule has 6 nitrogen and oxygen atoms in total. The van der Waals surface area contributed by atoms with Crippen LogP contribution in [0.15, 0.2) is 24.3 Å². The number of halogens is 2. The van der Waals surface area contributed by atoms with E-state index in [1.165, 1.54) is 29.2 Å². The highest BCUT2D eigenvalue weighted by Gasteiger charge is 2.26. The molecular weight excluding hydrogens is 318 g/mol. The van der Waals surface area contributed by atoms with Gasteiger partial charge in [0, 0.05) is 37.4 Å². The lowest BCUT2D eigenvalue weighted by atomic mass is 10.2. The fraction of sp³-hybridized carbons (Fsp3) is 0.500. The molecule has 0 saturated carbocycles. The van der Waals surface area contributed by atoms with Gasteiger partial charge in [0.25, 0.3) is 6.43 Å². The first-order valence-electron chi connectivity index (χ1n) is 7.73. The highest BCUT2D eigenvalue weighted by Crippen LogP contribution is 2.20. The van der Waals surface area contributed by atoms with Crippen molar-refractivity contribution in [3.63, 3.8) is 0 Å². The van der Waals surface area contributed by atoms with Gasteiger partial charge in [-0.15, -0.1) is 0 Å². The largest absolute Gasteiger partial charge is 0.338 e. The van der Waals surface area contributed by atoms with Crippen molar-refractivity contribution < 1.29 is 18.4 Å². The van der Waals surface area contributed by atoms with Crippen LogP contribution in [-0.4, -0.2) is 73.5 Å². The molecule has 0 spiro atoms. The SMILES string of the molecule is CN(C)CCN1CCN(C(=O)Nc2ccc(C(F)F)cc2)CC1=O. The second kappa shape index (κ2) is 8.05. The van der Waals surface area contributed by atoms with Crippen LogP contribution in [0.4, 0.5) is 19.3 Å². The Hall–Kier alpha value is -2.22. The molecule has 132 valence electrons. The Morgan fingerprint density at radius 1 is 1.25 bits per heavy atom. The molecule has 0 atom stereocenters. The third-order valence-corrected chi connectivity index (χ3v) is 3.84. The predicted octanol–water partition coefficient (Wildman–Crippen LogP) is 1.86. The molecular formula is C16H22F2N4O2. The maximum Gasteiger partial charge on any atom is 0.322 e. The maximum atomic E-state index is 12.5. The minimum atomic E-state index is -2.54. The van der Waals surface area contributed by atoms with Gasteiger partial charge >= 0.3 is 6.03 Å². The number of carbonyl (C=O) groups excluding carboxylic acids is 2. The average Bonchev–Trinajstić information content (AvgIpc) is 2.54. The number of piperazine rings is 1. The molecule has 1 N–H and O–H groups in total. The first kappa shape index (κ1) is 18.1. The predicted molar refractivity (Wildman–Crippen MR) is 87.1 cm³/mol. The highest BCUT2D eigenvalue weighted by atomic mass is 19.3. The zero-order valence-electron chi connectivity index (χ0n) is 13.8. The van der Waals surface area contributed by atoms with Crippen LogP contribution in [0.25, 0.3) is 0 Å². The Balaban J connectivity index is 1.86. The number of rotatable bonds is 5. The molecule has 0 bridgehead atoms. The molecule has 1 saturated heterocycles. The number of hydrogen-bond acceptors (Lipinski definition) is 3. The summed E-state index contributed by atoms with van der Waals surface area (Å²) < 4.78 is 25.0. The second-order valence-electron chi connectivity index (χ2n) is 5.96. The molecule has 1 heterocycles. The van der Waals surface area contributed by atoms with E-state index in [1.807, 2.05) is 19.0 Å². The standard InChI is InChI=1S/C16H22F2N4O2/c1-20(2)7-8-21-9-10-22(11-14(21)23)16(24)19-13-5-3-12(4-6-13)15(17)18/h3-6,15H,7-11H2,1-2H3,(H,19,24). The Labute approximate surface area is 140 Å². The van der Waals surface area contributed by atoms with E-state index in [9.17, 15) is 18.4 Å². The minimum Gasteiger partial charge on any atom is -0.338 e. The fourth-order valence-electron chi connectivity index (χ4n) is 2.35. The Kier molecular flexibility index (Phi) is 6.08. The van der Waals surface area contributed by atoms with Crippen LogP contribution in [0.5, 0.6) is 0 Å². The molecule has 0 unspecified atom stereocenters. The monoisotopic (exact) mass is 340 g/mol. The van der Waals surface area contributed by atoms with E-state index in [4.69, 9.17) is 0 Å². The summed E-state index contributed by atoms with van der Waals surface area (Å²) in [4.78, 5) is 29.4. The summed E-state index contributed by atoms with van der Waals surface area (Å²) in [6.45, 7) is 2.36. The number of likely N-dealkylation sites (N-methyl/N-ethyl adjacent to an activating group) is 1. The zero-order chi connectivity index (χ0) is 17.7. The lowest BCUT2D eigenvalue weighted by Gasteiger charge is -2.34. The highest BCUT2D eigenvalue weighted by molar-refractivity contribution is 5.93. The van der Waals surface area contributed by atoms with Crippen molar-refractivity contribution >= 4 is 17.6 Å². The molecule has 0 aromatic heterocycles. The van der Waals surface area contributed by atoms with E-state index in [2.05, 4.69) is 5.32 Å². The number of carbonyl (C=O) groups is 2. The fourth-order valence-corrected chi connectivity index (χ4v) is 2.35. The van der Waals surface area contributed by atoms with Gasteiger partial charge in [-0.2, -0.15) is 0 Å². The van der Waals surface area contributed by atoms with Crippen LogP contribution in [0.3, 0.4) is 0 Å². The summed E-state index contributed by atoms with van der Waals surface area (Å²) in [6, 6.07) is 4.98. The minimum absolute atomic E-state index is 0.0222. The summed E-state index contributed by atoms with van der Waals surface area (Å²) in [5.41, 5.74) is 0.324. The van der Waals surface area contributed by atoms with Crippen LogP contribution >= 0.6 is 0 Å². The molecule has 1 aromatic rings. The van der Waals surface area contributed by atoms with E-state index in [0.29, 0.717) is 25.3 Å². The van der Waals surface area contributed by atoms with E-state index >= 15 is 0 Å². The number of hydrogen-bond donors (Lipinski definition) is 1. The van der Waals surface area contributed by atoms with Crippen molar-refractivity contribution in [3.8, 4) is 0 Å². The molecule has 2 rings (SSSR count). The Morgan fingerprint density at radius 3 is 2.46 bits per heavy atom. The summed E-state index contributed by atoms with van der Waals surface area (Å²) in [6.07, 6.45) is -2.54. The lowest BCUT2D eigenvalue weighted by Crippen LogP contribution is -2.54. The quantitative estimate of drug-likeness (QED) is 0.890. The van der Waals surface area contributed by atoms with Crippen molar-refractivity contribution in [3.05, 3.63) is 29.8 Å². The summed E-state index contributed by atoms with van der Waals surface area (Å²) in [7, 11) is 3.88. The topological polar surface area (TPSA) is 55.9 Å². The maximum absolute atomic E-state index is 12.5. The molecule has 8 heteroatoms. The molecule has 24 heavy (non-hydrogen) atoms. The van der Waals surface area contributed by atoms with Crippen molar-refractivity contribution in [1.82, 2.24) is 14.7 Å². The number of anilines is 1. The number of alkyl halides is 2. The smallest absolute Gasteiger partial charge is 0.322 e. The van der Waals surface area contributed by atoms with Gasteiger partial charge in [0.05, 0.1) is 0 Å². The number of nitrogens with zero attached hydrogens (tertiary/aromatic N) is 3. The third kappa shape index (κ3) is 4.89. The summed E-state index contributed by atoms with van der Waals surface area (Å²) >= 11 is 0. The van der Waals surface area contributed by atoms with E-state index in [0.717, 1.165) is 6.54 Å². The normalized spacial score (nSPS) is 15.3. The van der Waals surface area contributed by atoms with Gasteiger partial charge in [-0.3, -0.25) is 4.79 Å². The van der Waals surface area contributed by atoms with Crippen LogP contribution < -0.4 is 5.32 Å². The van der Waals surface area contributed by atoms with Crippen LogP contribution in [0.1, 0.15) is 12.0 Å². The number of nitrogens with one attached hydrogen (secondary N) is 1. The van der Waals surface area contributed by atoms with Crippen molar-refractivity contribution in [2.75, 3.05) is 52.1 Å². The van der Waals surface area contributed by atoms with Gasteiger partial charge in [0.15, 0.2) is 0 Å². The zero-order valence-corrected chi connectivity index (χ0v) is 13.8. The van der Waals surface area contributed by atoms with E-state index in [-0.39, 0.29) is 18.0 Å². The van der Waals surface area contributed by atoms with Crippen LogP contribution in [-0.2, 0) is 4.79 Å².